The summed E-state index contributed by atoms with van der Waals surface area (Å²) in [7, 11) is 2.17. The molecule has 1 aliphatic carbocycles. The Morgan fingerprint density at radius 1 is 1.25 bits per heavy atom. The Balaban J connectivity index is 1.53. The molecule has 1 saturated carbocycles. The molecule has 2 heterocycles. The van der Waals surface area contributed by atoms with Gasteiger partial charge in [0.2, 0.25) is 0 Å². The van der Waals surface area contributed by atoms with Crippen LogP contribution in [-0.2, 0) is 0 Å². The van der Waals surface area contributed by atoms with Crippen molar-refractivity contribution in [2.45, 2.75) is 44.2 Å². The van der Waals surface area contributed by atoms with Gasteiger partial charge in [-0.05, 0) is 31.3 Å². The van der Waals surface area contributed by atoms with Gasteiger partial charge in [-0.15, -0.1) is 11.3 Å². The fraction of sp³-hybridized carbons (Fsp3) is 0.722. The van der Waals surface area contributed by atoms with E-state index in [4.69, 9.17) is 0 Å². The van der Waals surface area contributed by atoms with Crippen LogP contribution in [0.1, 0.15) is 43.0 Å². The van der Waals surface area contributed by atoms with Crippen LogP contribution >= 0.6 is 11.3 Å². The summed E-state index contributed by atoms with van der Waals surface area (Å²) in [6, 6.07) is 4.94. The number of urea groups is 1. The smallest absolute Gasteiger partial charge is 0.315 e. The molecule has 0 spiro atoms. The maximum Gasteiger partial charge on any atom is 0.315 e. The zero-order valence-electron chi connectivity index (χ0n) is 14.7. The lowest BCUT2D eigenvalue weighted by Gasteiger charge is -2.37. The number of thiophene rings is 1. The lowest BCUT2D eigenvalue weighted by atomic mass is 9.96. The standard InChI is InChI=1S/C18H30N4OS/c1-21-9-11-22(12-10-21)16(17-8-5-13-24-17)14-19-18(23)20-15-6-3-2-4-7-15/h5,8,13,15-16H,2-4,6-7,9-12,14H2,1H3,(H2,19,20,23). The van der Waals surface area contributed by atoms with Gasteiger partial charge in [0, 0.05) is 43.6 Å². The molecule has 0 aromatic carbocycles. The number of nitrogens with zero attached hydrogens (tertiary/aromatic N) is 2. The molecule has 1 aliphatic heterocycles. The Hall–Kier alpha value is -1.11. The molecule has 0 radical (unpaired) electrons. The van der Waals surface area contributed by atoms with Crippen LogP contribution in [0.5, 0.6) is 0 Å². The highest BCUT2D eigenvalue weighted by Crippen LogP contribution is 2.25. The number of nitrogens with one attached hydrogen (secondary N) is 2. The number of hydrogen-bond acceptors (Lipinski definition) is 4. The van der Waals surface area contributed by atoms with Crippen LogP contribution in [0.4, 0.5) is 4.79 Å². The van der Waals surface area contributed by atoms with Crippen LogP contribution in [0, 0.1) is 0 Å². The summed E-state index contributed by atoms with van der Waals surface area (Å²) in [6.45, 7) is 4.99. The topological polar surface area (TPSA) is 47.6 Å². The van der Waals surface area contributed by atoms with Crippen LogP contribution in [0.2, 0.25) is 0 Å². The molecule has 6 heteroatoms. The first kappa shape index (κ1) is 17.7. The van der Waals surface area contributed by atoms with Gasteiger partial charge < -0.3 is 15.5 Å². The Morgan fingerprint density at radius 2 is 2.00 bits per heavy atom. The largest absolute Gasteiger partial charge is 0.336 e. The Labute approximate surface area is 149 Å². The van der Waals surface area contributed by atoms with Crippen LogP contribution in [-0.4, -0.2) is 61.6 Å². The van der Waals surface area contributed by atoms with Gasteiger partial charge in [-0.25, -0.2) is 4.79 Å². The number of amides is 2. The van der Waals surface area contributed by atoms with E-state index < -0.39 is 0 Å². The van der Waals surface area contributed by atoms with Crippen LogP contribution in [0.25, 0.3) is 0 Å². The molecular formula is C18H30N4OS. The van der Waals surface area contributed by atoms with E-state index in [-0.39, 0.29) is 12.1 Å². The van der Waals surface area contributed by atoms with Crippen molar-refractivity contribution in [3.63, 3.8) is 0 Å². The molecular weight excluding hydrogens is 320 g/mol. The van der Waals surface area contributed by atoms with E-state index >= 15 is 0 Å². The zero-order chi connectivity index (χ0) is 16.8. The molecule has 5 nitrogen and oxygen atoms in total. The molecule has 2 aliphatic rings. The minimum absolute atomic E-state index is 0.00224. The summed E-state index contributed by atoms with van der Waals surface area (Å²) in [6.07, 6.45) is 6.04. The lowest BCUT2D eigenvalue weighted by molar-refractivity contribution is 0.112. The molecule has 1 aromatic rings. The molecule has 2 N–H and O–H groups in total. The Bertz CT molecular complexity index is 493. The third-order valence-corrected chi connectivity index (χ3v) is 6.22. The number of carbonyl (C=O) groups excluding carboxylic acids is 1. The van der Waals surface area contributed by atoms with Crippen molar-refractivity contribution in [1.29, 1.82) is 0 Å². The van der Waals surface area contributed by atoms with Gasteiger partial charge in [0.05, 0.1) is 6.04 Å². The first-order chi connectivity index (χ1) is 11.7. The van der Waals surface area contributed by atoms with E-state index in [0.29, 0.717) is 12.6 Å². The molecule has 2 fully saturated rings. The summed E-state index contributed by atoms with van der Waals surface area (Å²) in [4.78, 5) is 18.5. The molecule has 1 saturated heterocycles. The third kappa shape index (κ3) is 4.94. The predicted octanol–water partition coefficient (Wildman–Crippen LogP) is 2.67. The van der Waals surface area contributed by atoms with Gasteiger partial charge in [0.15, 0.2) is 0 Å². The zero-order valence-corrected chi connectivity index (χ0v) is 15.5. The van der Waals surface area contributed by atoms with Crippen molar-refractivity contribution in [3.05, 3.63) is 22.4 Å². The van der Waals surface area contributed by atoms with Crippen molar-refractivity contribution in [1.82, 2.24) is 20.4 Å². The summed E-state index contributed by atoms with van der Waals surface area (Å²) in [5.74, 6) is 0. The molecule has 134 valence electrons. The van der Waals surface area contributed by atoms with E-state index in [0.717, 1.165) is 39.0 Å². The summed E-state index contributed by atoms with van der Waals surface area (Å²) in [5.41, 5.74) is 0. The average Bonchev–Trinajstić information content (AvgIpc) is 3.12. The first-order valence-corrected chi connectivity index (χ1v) is 10.1. The van der Waals surface area contributed by atoms with Crippen molar-refractivity contribution in [3.8, 4) is 0 Å². The van der Waals surface area contributed by atoms with E-state index in [1.807, 2.05) is 0 Å². The lowest BCUT2D eigenvalue weighted by Crippen LogP contribution is -2.50. The predicted molar refractivity (Wildman–Crippen MR) is 99.5 cm³/mol. The maximum absolute atomic E-state index is 12.3. The monoisotopic (exact) mass is 350 g/mol. The van der Waals surface area contributed by atoms with Crippen LogP contribution in [0.3, 0.4) is 0 Å². The van der Waals surface area contributed by atoms with Crippen LogP contribution in [0.15, 0.2) is 17.5 Å². The second-order valence-corrected chi connectivity index (χ2v) is 8.04. The number of carbonyl (C=O) groups is 1. The highest BCUT2D eigenvalue weighted by Gasteiger charge is 2.25. The number of rotatable bonds is 5. The molecule has 1 aromatic heterocycles. The van der Waals surface area contributed by atoms with Crippen molar-refractivity contribution >= 4 is 17.4 Å². The Kier molecular flexibility index (Phi) is 6.51. The third-order valence-electron chi connectivity index (χ3n) is 5.25. The number of piperazine rings is 1. The van der Waals surface area contributed by atoms with Crippen molar-refractivity contribution in [2.24, 2.45) is 0 Å². The average molecular weight is 351 g/mol. The van der Waals surface area contributed by atoms with Gasteiger partial charge in [0.25, 0.3) is 0 Å². The van der Waals surface area contributed by atoms with Gasteiger partial charge >= 0.3 is 6.03 Å². The molecule has 0 bridgehead atoms. The highest BCUT2D eigenvalue weighted by atomic mass is 32.1. The molecule has 24 heavy (non-hydrogen) atoms. The van der Waals surface area contributed by atoms with Gasteiger partial charge in [0.1, 0.15) is 0 Å². The number of likely N-dealkylation sites (N-methyl/N-ethyl adjacent to an activating group) is 1. The maximum atomic E-state index is 12.3. The fourth-order valence-electron chi connectivity index (χ4n) is 3.70. The minimum Gasteiger partial charge on any atom is -0.336 e. The summed E-state index contributed by atoms with van der Waals surface area (Å²) < 4.78 is 0. The van der Waals surface area contributed by atoms with Gasteiger partial charge in [-0.3, -0.25) is 4.90 Å². The quantitative estimate of drug-likeness (QED) is 0.858. The molecule has 2 amide bonds. The second-order valence-electron chi connectivity index (χ2n) is 7.06. The minimum atomic E-state index is -0.00224. The van der Waals surface area contributed by atoms with Crippen LogP contribution < -0.4 is 10.6 Å². The van der Waals surface area contributed by atoms with Gasteiger partial charge in [-0.1, -0.05) is 25.3 Å². The summed E-state index contributed by atoms with van der Waals surface area (Å²) in [5, 5.41) is 8.41. The normalized spacial score (nSPS) is 22.2. The first-order valence-electron chi connectivity index (χ1n) is 9.23. The molecule has 1 atom stereocenters. The van der Waals surface area contributed by atoms with E-state index in [1.165, 1.54) is 24.1 Å². The number of hydrogen-bond donors (Lipinski definition) is 2. The van der Waals surface area contributed by atoms with E-state index in [1.54, 1.807) is 11.3 Å². The SMILES string of the molecule is CN1CCN(C(CNC(=O)NC2CCCCC2)c2cccs2)CC1. The summed E-state index contributed by atoms with van der Waals surface area (Å²) >= 11 is 1.79. The highest BCUT2D eigenvalue weighted by molar-refractivity contribution is 7.10. The Morgan fingerprint density at radius 3 is 2.67 bits per heavy atom. The fourth-order valence-corrected chi connectivity index (χ4v) is 4.56. The van der Waals surface area contributed by atoms with Gasteiger partial charge in [-0.2, -0.15) is 0 Å². The van der Waals surface area contributed by atoms with E-state index in [9.17, 15) is 4.79 Å². The van der Waals surface area contributed by atoms with E-state index in [2.05, 4.69) is 45.0 Å². The second kappa shape index (κ2) is 8.83. The van der Waals surface area contributed by atoms with Crippen molar-refractivity contribution < 1.29 is 4.79 Å². The van der Waals surface area contributed by atoms with Crippen molar-refractivity contribution in [2.75, 3.05) is 39.8 Å². The molecule has 1 unspecified atom stereocenters. The molecule has 3 rings (SSSR count).